The number of nitrogens with zero attached hydrogens (tertiary/aromatic N) is 1. The van der Waals surface area contributed by atoms with E-state index in [-0.39, 0.29) is 30.6 Å². The molecule has 112 valence electrons. The third-order valence-corrected chi connectivity index (χ3v) is 3.84. The van der Waals surface area contributed by atoms with Crippen molar-refractivity contribution in [2.24, 2.45) is 0 Å². The molecule has 1 aromatic carbocycles. The molecular formula is C16H19NO4. The quantitative estimate of drug-likeness (QED) is 0.890. The largest absolute Gasteiger partial charge is 0.481 e. The fourth-order valence-electron chi connectivity index (χ4n) is 2.82. The Morgan fingerprint density at radius 2 is 1.81 bits per heavy atom. The molecule has 1 atom stereocenters. The van der Waals surface area contributed by atoms with Crippen LogP contribution in [0.1, 0.15) is 30.9 Å². The van der Waals surface area contributed by atoms with Crippen molar-refractivity contribution < 1.29 is 19.5 Å². The Labute approximate surface area is 123 Å². The Morgan fingerprint density at radius 3 is 2.38 bits per heavy atom. The Bertz CT molecular complexity index is 567. The van der Waals surface area contributed by atoms with Crippen molar-refractivity contribution >= 4 is 17.7 Å². The lowest BCUT2D eigenvalue weighted by Crippen LogP contribution is -2.40. The van der Waals surface area contributed by atoms with E-state index in [2.05, 4.69) is 0 Å². The average Bonchev–Trinajstić information content (AvgIpc) is 2.90. The molecule has 5 nitrogen and oxygen atoms in total. The van der Waals surface area contributed by atoms with Crippen molar-refractivity contribution in [3.8, 4) is 0 Å². The molecule has 0 spiro atoms. The lowest BCUT2D eigenvalue weighted by atomic mass is 10.0. The molecule has 1 fully saturated rings. The van der Waals surface area contributed by atoms with Crippen molar-refractivity contribution in [2.45, 2.75) is 38.6 Å². The van der Waals surface area contributed by atoms with Crippen LogP contribution < -0.4 is 0 Å². The summed E-state index contributed by atoms with van der Waals surface area (Å²) in [6.45, 7) is 2.11. The van der Waals surface area contributed by atoms with Gasteiger partial charge in [-0.25, -0.2) is 0 Å². The number of rotatable bonds is 5. The summed E-state index contributed by atoms with van der Waals surface area (Å²) in [5.41, 5.74) is 1.37. The Kier molecular flexibility index (Phi) is 4.73. The monoisotopic (exact) mass is 289 g/mol. The number of carbonyl (C=O) groups excluding carboxylic acids is 2. The van der Waals surface area contributed by atoms with Crippen LogP contribution in [-0.2, 0) is 27.2 Å². The van der Waals surface area contributed by atoms with Gasteiger partial charge in [0, 0.05) is 6.54 Å². The fraction of sp³-hybridized carbons (Fsp3) is 0.438. The van der Waals surface area contributed by atoms with Crippen molar-refractivity contribution in [2.75, 3.05) is 6.54 Å². The van der Waals surface area contributed by atoms with Crippen LogP contribution in [0, 0.1) is 0 Å². The molecule has 2 rings (SSSR count). The van der Waals surface area contributed by atoms with E-state index in [9.17, 15) is 14.4 Å². The predicted octanol–water partition coefficient (Wildman–Crippen LogP) is 1.44. The number of carboxylic acids is 1. The van der Waals surface area contributed by atoms with Gasteiger partial charge < -0.3 is 10.0 Å². The highest BCUT2D eigenvalue weighted by Gasteiger charge is 2.31. The van der Waals surface area contributed by atoms with Gasteiger partial charge in [0.05, 0.1) is 18.9 Å². The van der Waals surface area contributed by atoms with E-state index >= 15 is 0 Å². The standard InChI is InChI=1S/C16H19NO4/c1-11(18)14-7-4-8-17(14)15(19)9-12-5-2-3-6-13(12)10-16(20)21/h2-3,5-6,14H,4,7-10H2,1H3,(H,20,21)/t14-/m0/s1. The highest BCUT2D eigenvalue weighted by Crippen LogP contribution is 2.20. The topological polar surface area (TPSA) is 74.7 Å². The number of aliphatic carboxylic acids is 1. The first kappa shape index (κ1) is 15.2. The minimum Gasteiger partial charge on any atom is -0.481 e. The minimum atomic E-state index is -0.919. The molecule has 1 saturated heterocycles. The van der Waals surface area contributed by atoms with Crippen LogP contribution >= 0.6 is 0 Å². The first-order chi connectivity index (χ1) is 9.99. The number of hydrogen-bond acceptors (Lipinski definition) is 3. The molecule has 0 aliphatic carbocycles. The van der Waals surface area contributed by atoms with Crippen molar-refractivity contribution in [3.05, 3.63) is 35.4 Å². The van der Waals surface area contributed by atoms with E-state index < -0.39 is 5.97 Å². The van der Waals surface area contributed by atoms with Gasteiger partial charge in [0.15, 0.2) is 5.78 Å². The molecule has 21 heavy (non-hydrogen) atoms. The van der Waals surface area contributed by atoms with E-state index in [1.165, 1.54) is 6.92 Å². The highest BCUT2D eigenvalue weighted by atomic mass is 16.4. The van der Waals surface area contributed by atoms with E-state index in [0.29, 0.717) is 12.1 Å². The molecule has 1 aliphatic rings. The molecule has 1 aromatic rings. The zero-order valence-electron chi connectivity index (χ0n) is 12.0. The number of Topliss-reactive ketones (excluding diaryl/α,β-unsaturated/α-hetero) is 1. The fourth-order valence-corrected chi connectivity index (χ4v) is 2.82. The van der Waals surface area contributed by atoms with Crippen LogP contribution in [-0.4, -0.2) is 40.3 Å². The molecule has 0 saturated carbocycles. The second kappa shape index (κ2) is 6.52. The van der Waals surface area contributed by atoms with Gasteiger partial charge in [0.2, 0.25) is 5.91 Å². The lowest BCUT2D eigenvalue weighted by Gasteiger charge is -2.23. The molecule has 1 aliphatic heterocycles. The van der Waals surface area contributed by atoms with E-state index in [1.54, 1.807) is 29.2 Å². The van der Waals surface area contributed by atoms with Crippen molar-refractivity contribution in [3.63, 3.8) is 0 Å². The summed E-state index contributed by atoms with van der Waals surface area (Å²) in [6.07, 6.45) is 1.61. The maximum Gasteiger partial charge on any atom is 0.307 e. The Morgan fingerprint density at radius 1 is 1.19 bits per heavy atom. The second-order valence-corrected chi connectivity index (χ2v) is 5.37. The molecule has 0 aromatic heterocycles. The summed E-state index contributed by atoms with van der Waals surface area (Å²) < 4.78 is 0. The molecule has 1 amide bonds. The van der Waals surface area contributed by atoms with Crippen LogP contribution in [0.4, 0.5) is 0 Å². The third-order valence-electron chi connectivity index (χ3n) is 3.84. The smallest absolute Gasteiger partial charge is 0.307 e. The zero-order chi connectivity index (χ0) is 15.4. The van der Waals surface area contributed by atoms with Crippen molar-refractivity contribution in [1.29, 1.82) is 0 Å². The van der Waals surface area contributed by atoms with Crippen LogP contribution in [0.25, 0.3) is 0 Å². The van der Waals surface area contributed by atoms with Gasteiger partial charge >= 0.3 is 5.97 Å². The molecule has 1 N–H and O–H groups in total. The molecule has 0 radical (unpaired) electrons. The van der Waals surface area contributed by atoms with Gasteiger partial charge in [-0.15, -0.1) is 0 Å². The highest BCUT2D eigenvalue weighted by molar-refractivity contribution is 5.89. The zero-order valence-corrected chi connectivity index (χ0v) is 12.0. The number of ketones is 1. The summed E-state index contributed by atoms with van der Waals surface area (Å²) in [7, 11) is 0. The number of likely N-dealkylation sites (tertiary alicyclic amines) is 1. The van der Waals surface area contributed by atoms with Crippen LogP contribution in [0.15, 0.2) is 24.3 Å². The molecule has 5 heteroatoms. The number of benzene rings is 1. The lowest BCUT2D eigenvalue weighted by molar-refractivity contribution is -0.137. The first-order valence-electron chi connectivity index (χ1n) is 7.07. The van der Waals surface area contributed by atoms with E-state index in [1.807, 2.05) is 0 Å². The summed E-state index contributed by atoms with van der Waals surface area (Å²) in [5.74, 6) is -1.01. The minimum absolute atomic E-state index is 0.0136. The van der Waals surface area contributed by atoms with E-state index in [0.717, 1.165) is 18.4 Å². The number of amides is 1. The number of carbonyl (C=O) groups is 3. The number of hydrogen-bond donors (Lipinski definition) is 1. The molecule has 0 unspecified atom stereocenters. The van der Waals surface area contributed by atoms with Gasteiger partial charge in [-0.2, -0.15) is 0 Å². The Hall–Kier alpha value is -2.17. The SMILES string of the molecule is CC(=O)[C@@H]1CCCN1C(=O)Cc1ccccc1CC(=O)O. The number of carboxylic acid groups (broad SMARTS) is 1. The maximum atomic E-state index is 12.4. The van der Waals surface area contributed by atoms with Gasteiger partial charge in [-0.05, 0) is 30.9 Å². The van der Waals surface area contributed by atoms with Gasteiger partial charge in [-0.1, -0.05) is 24.3 Å². The molecule has 1 heterocycles. The van der Waals surface area contributed by atoms with Gasteiger partial charge in [0.25, 0.3) is 0 Å². The first-order valence-corrected chi connectivity index (χ1v) is 7.07. The summed E-state index contributed by atoms with van der Waals surface area (Å²) in [5, 5.41) is 8.91. The van der Waals surface area contributed by atoms with Crippen molar-refractivity contribution in [1.82, 2.24) is 4.90 Å². The summed E-state index contributed by atoms with van der Waals surface area (Å²) >= 11 is 0. The third kappa shape index (κ3) is 3.68. The van der Waals surface area contributed by atoms with Gasteiger partial charge in [-0.3, -0.25) is 14.4 Å². The average molecular weight is 289 g/mol. The van der Waals surface area contributed by atoms with Crippen LogP contribution in [0.2, 0.25) is 0 Å². The normalized spacial score (nSPS) is 17.8. The molecular weight excluding hydrogens is 270 g/mol. The van der Waals surface area contributed by atoms with Crippen LogP contribution in [0.5, 0.6) is 0 Å². The van der Waals surface area contributed by atoms with Gasteiger partial charge in [0.1, 0.15) is 0 Å². The second-order valence-electron chi connectivity index (χ2n) is 5.37. The Balaban J connectivity index is 2.12. The molecule has 0 bridgehead atoms. The summed E-state index contributed by atoms with van der Waals surface area (Å²) in [4.78, 5) is 36.4. The summed E-state index contributed by atoms with van der Waals surface area (Å²) in [6, 6.07) is 6.74. The maximum absolute atomic E-state index is 12.4. The predicted molar refractivity (Wildman–Crippen MR) is 76.9 cm³/mol. The van der Waals surface area contributed by atoms with E-state index in [4.69, 9.17) is 5.11 Å². The van der Waals surface area contributed by atoms with Crippen LogP contribution in [0.3, 0.4) is 0 Å².